The minimum atomic E-state index is 0.323. The lowest BCUT2D eigenvalue weighted by Gasteiger charge is -2.07. The molecule has 2 aromatic heterocycles. The van der Waals surface area contributed by atoms with Gasteiger partial charge in [0, 0.05) is 18.3 Å². The fourth-order valence-electron chi connectivity index (χ4n) is 2.78. The van der Waals surface area contributed by atoms with E-state index in [-0.39, 0.29) is 0 Å². The highest BCUT2D eigenvalue weighted by atomic mass is 15.0. The van der Waals surface area contributed by atoms with Crippen molar-refractivity contribution in [3.63, 3.8) is 0 Å². The van der Waals surface area contributed by atoms with Gasteiger partial charge in [-0.25, -0.2) is 4.98 Å². The predicted molar refractivity (Wildman–Crippen MR) is 92.3 cm³/mol. The van der Waals surface area contributed by atoms with E-state index in [1.807, 2.05) is 22.7 Å². The minimum absolute atomic E-state index is 0.323. The monoisotopic (exact) mass is 304 g/mol. The Labute approximate surface area is 136 Å². The zero-order valence-electron chi connectivity index (χ0n) is 13.5. The van der Waals surface area contributed by atoms with E-state index in [4.69, 9.17) is 11.0 Å². The van der Waals surface area contributed by atoms with Gasteiger partial charge < -0.3 is 10.1 Å². The van der Waals surface area contributed by atoms with Crippen molar-refractivity contribution >= 4 is 11.3 Å². The number of nitriles is 1. The summed E-state index contributed by atoms with van der Waals surface area (Å²) in [6, 6.07) is 14.6. The maximum absolute atomic E-state index is 9.13. The molecule has 0 radical (unpaired) electrons. The zero-order valence-corrected chi connectivity index (χ0v) is 13.5. The summed E-state index contributed by atoms with van der Waals surface area (Å²) in [5.41, 5.74) is 11.7. The summed E-state index contributed by atoms with van der Waals surface area (Å²) in [7, 11) is 0. The van der Waals surface area contributed by atoms with Crippen molar-refractivity contribution in [2.75, 3.05) is 5.73 Å². The molecule has 0 aliphatic heterocycles. The number of nitrogens with zero attached hydrogens (tertiary/aromatic N) is 3. The molecule has 3 rings (SSSR count). The van der Waals surface area contributed by atoms with Gasteiger partial charge in [0.25, 0.3) is 0 Å². The fourth-order valence-corrected chi connectivity index (χ4v) is 2.78. The van der Waals surface area contributed by atoms with Crippen LogP contribution in [0.15, 0.2) is 42.6 Å². The van der Waals surface area contributed by atoms with Crippen LogP contribution in [0.2, 0.25) is 0 Å². The molecule has 2 heterocycles. The van der Waals surface area contributed by atoms with E-state index in [2.05, 4.69) is 49.2 Å². The Morgan fingerprint density at radius 2 is 1.91 bits per heavy atom. The van der Waals surface area contributed by atoms with E-state index < -0.39 is 0 Å². The number of imidazole rings is 1. The number of anilines is 1. The number of benzene rings is 1. The summed E-state index contributed by atoms with van der Waals surface area (Å²) in [6.45, 7) is 4.37. The summed E-state index contributed by atoms with van der Waals surface area (Å²) in [5, 5.41) is 9.13. The number of hydrogen-bond acceptors (Lipinski definition) is 3. The molecule has 0 saturated carbocycles. The molecular formula is C19H20N4. The normalized spacial score (nSPS) is 11.0. The summed E-state index contributed by atoms with van der Waals surface area (Å²) in [4.78, 5) is 4.68. The Hall–Kier alpha value is -2.80. The Bertz CT molecular complexity index is 867. The topological polar surface area (TPSA) is 67.1 Å². The predicted octanol–water partition coefficient (Wildman–Crippen LogP) is 3.70. The quantitative estimate of drug-likeness (QED) is 0.799. The molecule has 116 valence electrons. The van der Waals surface area contributed by atoms with Crippen LogP contribution >= 0.6 is 0 Å². The van der Waals surface area contributed by atoms with Crippen molar-refractivity contribution in [2.24, 2.45) is 0 Å². The van der Waals surface area contributed by atoms with Gasteiger partial charge in [-0.1, -0.05) is 38.1 Å². The van der Waals surface area contributed by atoms with Crippen molar-refractivity contribution in [3.05, 3.63) is 65.1 Å². The van der Waals surface area contributed by atoms with Gasteiger partial charge in [-0.05, 0) is 29.2 Å². The summed E-state index contributed by atoms with van der Waals surface area (Å²) >= 11 is 0. The van der Waals surface area contributed by atoms with Gasteiger partial charge >= 0.3 is 0 Å². The number of nitrogen functional groups attached to an aromatic ring is 1. The number of pyridine rings is 1. The molecule has 2 N–H and O–H groups in total. The average Bonchev–Trinajstić information content (AvgIpc) is 2.85. The highest BCUT2D eigenvalue weighted by Crippen LogP contribution is 2.20. The molecule has 4 nitrogen and oxygen atoms in total. The van der Waals surface area contributed by atoms with Crippen LogP contribution < -0.4 is 5.73 Å². The van der Waals surface area contributed by atoms with E-state index in [1.165, 1.54) is 11.1 Å². The maximum atomic E-state index is 9.13. The SMILES string of the molecule is CC(C)c1ccc(Cc2nc3ccc(N)cn3c2CC#N)cc1. The van der Waals surface area contributed by atoms with Crippen LogP contribution in [0.4, 0.5) is 5.69 Å². The summed E-state index contributed by atoms with van der Waals surface area (Å²) in [5.74, 6) is 0.524. The Morgan fingerprint density at radius 3 is 2.57 bits per heavy atom. The Kier molecular flexibility index (Phi) is 4.03. The standard InChI is InChI=1S/C19H20N4/c1-13(2)15-5-3-14(4-6-15)11-17-18(9-10-20)23-12-16(21)7-8-19(23)22-17/h3-8,12-13H,9,11,21H2,1-2H3. The molecular weight excluding hydrogens is 284 g/mol. The van der Waals surface area contributed by atoms with Crippen molar-refractivity contribution in [1.29, 1.82) is 5.26 Å². The van der Waals surface area contributed by atoms with Crippen LogP contribution in [0.5, 0.6) is 0 Å². The van der Waals surface area contributed by atoms with Gasteiger partial charge in [-0.2, -0.15) is 5.26 Å². The minimum Gasteiger partial charge on any atom is -0.398 e. The number of nitrogens with two attached hydrogens (primary N) is 1. The molecule has 0 fully saturated rings. The van der Waals surface area contributed by atoms with Gasteiger partial charge in [-0.3, -0.25) is 0 Å². The Balaban J connectivity index is 1.98. The number of fused-ring (bicyclic) bond motifs is 1. The molecule has 4 heteroatoms. The molecule has 0 aliphatic carbocycles. The van der Waals surface area contributed by atoms with Crippen LogP contribution in [-0.2, 0) is 12.8 Å². The van der Waals surface area contributed by atoms with E-state index in [0.717, 1.165) is 23.5 Å². The first-order valence-electron chi connectivity index (χ1n) is 7.79. The van der Waals surface area contributed by atoms with Crippen molar-refractivity contribution in [2.45, 2.75) is 32.6 Å². The summed E-state index contributed by atoms with van der Waals surface area (Å²) < 4.78 is 1.93. The summed E-state index contributed by atoms with van der Waals surface area (Å²) in [6.07, 6.45) is 2.88. The molecule has 0 unspecified atom stereocenters. The van der Waals surface area contributed by atoms with Gasteiger partial charge in [0.1, 0.15) is 5.65 Å². The van der Waals surface area contributed by atoms with Gasteiger partial charge in [0.05, 0.1) is 23.9 Å². The molecule has 0 spiro atoms. The third kappa shape index (κ3) is 3.04. The van der Waals surface area contributed by atoms with Crippen LogP contribution in [0, 0.1) is 11.3 Å². The largest absolute Gasteiger partial charge is 0.398 e. The van der Waals surface area contributed by atoms with Crippen LogP contribution in [0.3, 0.4) is 0 Å². The van der Waals surface area contributed by atoms with Gasteiger partial charge in [0.2, 0.25) is 0 Å². The third-order valence-corrected chi connectivity index (χ3v) is 4.09. The molecule has 0 aliphatic rings. The third-order valence-electron chi connectivity index (χ3n) is 4.09. The van der Waals surface area contributed by atoms with Crippen molar-refractivity contribution < 1.29 is 0 Å². The van der Waals surface area contributed by atoms with E-state index in [9.17, 15) is 0 Å². The smallest absolute Gasteiger partial charge is 0.137 e. The second-order valence-electron chi connectivity index (χ2n) is 6.10. The van der Waals surface area contributed by atoms with Crippen LogP contribution in [0.1, 0.15) is 42.3 Å². The molecule has 0 atom stereocenters. The van der Waals surface area contributed by atoms with Crippen LogP contribution in [0.25, 0.3) is 5.65 Å². The number of hydrogen-bond donors (Lipinski definition) is 1. The first-order valence-corrected chi connectivity index (χ1v) is 7.79. The van der Waals surface area contributed by atoms with E-state index >= 15 is 0 Å². The second kappa shape index (κ2) is 6.13. The molecule has 0 saturated heterocycles. The zero-order chi connectivity index (χ0) is 16.4. The molecule has 1 aromatic carbocycles. The molecule has 0 amide bonds. The lowest BCUT2D eigenvalue weighted by atomic mass is 10.00. The molecule has 0 bridgehead atoms. The van der Waals surface area contributed by atoms with Crippen molar-refractivity contribution in [3.8, 4) is 6.07 Å². The first kappa shape index (κ1) is 15.1. The fraction of sp³-hybridized carbons (Fsp3) is 0.263. The average molecular weight is 304 g/mol. The first-order chi connectivity index (χ1) is 11.1. The molecule has 23 heavy (non-hydrogen) atoms. The van der Waals surface area contributed by atoms with Crippen LogP contribution in [-0.4, -0.2) is 9.38 Å². The second-order valence-corrected chi connectivity index (χ2v) is 6.10. The lowest BCUT2D eigenvalue weighted by molar-refractivity contribution is 0.865. The highest BCUT2D eigenvalue weighted by Gasteiger charge is 2.13. The van der Waals surface area contributed by atoms with E-state index in [1.54, 1.807) is 0 Å². The maximum Gasteiger partial charge on any atom is 0.137 e. The highest BCUT2D eigenvalue weighted by molar-refractivity contribution is 5.51. The van der Waals surface area contributed by atoms with Crippen molar-refractivity contribution in [1.82, 2.24) is 9.38 Å². The van der Waals surface area contributed by atoms with E-state index in [0.29, 0.717) is 18.0 Å². The molecule has 3 aromatic rings. The number of rotatable bonds is 4. The van der Waals surface area contributed by atoms with Gasteiger partial charge in [0.15, 0.2) is 0 Å². The Morgan fingerprint density at radius 1 is 1.17 bits per heavy atom. The lowest BCUT2D eigenvalue weighted by Crippen LogP contribution is -1.98. The number of aromatic nitrogens is 2. The van der Waals surface area contributed by atoms with Gasteiger partial charge in [-0.15, -0.1) is 0 Å².